The Hall–Kier alpha value is -1.55. The maximum Gasteiger partial charge on any atom is 0.265 e. The molecule has 0 aromatic heterocycles. The molecule has 4 nitrogen and oxygen atoms in total. The van der Waals surface area contributed by atoms with Crippen LogP contribution >= 0.6 is 0 Å². The first-order valence-electron chi connectivity index (χ1n) is 8.05. The van der Waals surface area contributed by atoms with Gasteiger partial charge in [0, 0.05) is 12.6 Å². The topological polar surface area (TPSA) is 41.6 Å². The minimum Gasteiger partial charge on any atom is -0.482 e. The Kier molecular flexibility index (Phi) is 4.44. The standard InChI is InChI=1S/C17H24N2O2/c1-2-18-14(13-7-3-4-8-13)11-19-15-9-5-6-10-16(15)21-12-17(19)20/h5-6,9-10,13-14,18H,2-4,7-8,11-12H2,1H3. The first-order chi connectivity index (χ1) is 10.3. The second kappa shape index (κ2) is 6.48. The van der Waals surface area contributed by atoms with Crippen LogP contribution in [-0.4, -0.2) is 31.6 Å². The number of hydrogen-bond acceptors (Lipinski definition) is 3. The van der Waals surface area contributed by atoms with Crippen molar-refractivity contribution >= 4 is 11.6 Å². The van der Waals surface area contributed by atoms with E-state index >= 15 is 0 Å². The summed E-state index contributed by atoms with van der Waals surface area (Å²) in [6, 6.07) is 8.21. The molecule has 1 N–H and O–H groups in total. The quantitative estimate of drug-likeness (QED) is 0.905. The first-order valence-corrected chi connectivity index (χ1v) is 8.05. The highest BCUT2D eigenvalue weighted by atomic mass is 16.5. The Morgan fingerprint density at radius 2 is 2.10 bits per heavy atom. The molecule has 1 aliphatic carbocycles. The van der Waals surface area contributed by atoms with E-state index in [4.69, 9.17) is 4.74 Å². The number of nitrogens with zero attached hydrogens (tertiary/aromatic N) is 1. The predicted octanol–water partition coefficient (Wildman–Crippen LogP) is 2.58. The van der Waals surface area contributed by atoms with Gasteiger partial charge in [-0.1, -0.05) is 31.9 Å². The normalized spacial score (nSPS) is 20.2. The number of ether oxygens (including phenoxy) is 1. The Morgan fingerprint density at radius 1 is 1.33 bits per heavy atom. The molecule has 1 amide bonds. The number of fused-ring (bicyclic) bond motifs is 1. The summed E-state index contributed by atoms with van der Waals surface area (Å²) in [4.78, 5) is 14.2. The van der Waals surface area contributed by atoms with Crippen molar-refractivity contribution in [3.05, 3.63) is 24.3 Å². The highest BCUT2D eigenvalue weighted by Gasteiger charge is 2.31. The molecule has 2 aliphatic rings. The van der Waals surface area contributed by atoms with Crippen LogP contribution in [0.4, 0.5) is 5.69 Å². The monoisotopic (exact) mass is 288 g/mol. The number of nitrogens with one attached hydrogen (secondary N) is 1. The van der Waals surface area contributed by atoms with Crippen molar-refractivity contribution in [3.8, 4) is 5.75 Å². The molecule has 21 heavy (non-hydrogen) atoms. The Labute approximate surface area is 126 Å². The van der Waals surface area contributed by atoms with Crippen LogP contribution in [0.2, 0.25) is 0 Å². The molecule has 0 bridgehead atoms. The third-order valence-corrected chi connectivity index (χ3v) is 4.62. The van der Waals surface area contributed by atoms with Gasteiger partial charge < -0.3 is 15.0 Å². The molecule has 1 atom stereocenters. The average Bonchev–Trinajstić information content (AvgIpc) is 3.03. The first kappa shape index (κ1) is 14.4. The van der Waals surface area contributed by atoms with Crippen molar-refractivity contribution in [1.29, 1.82) is 0 Å². The van der Waals surface area contributed by atoms with E-state index in [1.165, 1.54) is 25.7 Å². The summed E-state index contributed by atoms with van der Waals surface area (Å²) in [6.45, 7) is 3.98. The molecule has 0 saturated heterocycles. The number of anilines is 1. The maximum atomic E-state index is 12.3. The molecule has 1 aromatic rings. The van der Waals surface area contributed by atoms with Crippen molar-refractivity contribution in [2.75, 3.05) is 24.6 Å². The van der Waals surface area contributed by atoms with Crippen LogP contribution in [0, 0.1) is 5.92 Å². The summed E-state index contributed by atoms with van der Waals surface area (Å²) in [7, 11) is 0. The van der Waals surface area contributed by atoms with Crippen LogP contribution in [-0.2, 0) is 4.79 Å². The molecule has 0 radical (unpaired) electrons. The van der Waals surface area contributed by atoms with Gasteiger partial charge in [0.05, 0.1) is 5.69 Å². The maximum absolute atomic E-state index is 12.3. The van der Waals surface area contributed by atoms with Crippen LogP contribution in [0.25, 0.3) is 0 Å². The van der Waals surface area contributed by atoms with Crippen LogP contribution in [0.5, 0.6) is 5.75 Å². The Bertz CT molecular complexity index is 497. The molecule has 1 heterocycles. The van der Waals surface area contributed by atoms with E-state index in [0.29, 0.717) is 12.0 Å². The second-order valence-corrected chi connectivity index (χ2v) is 5.97. The fourth-order valence-corrected chi connectivity index (χ4v) is 3.55. The number of para-hydroxylation sites is 2. The minimum atomic E-state index is 0.0644. The van der Waals surface area contributed by atoms with Crippen molar-refractivity contribution in [3.63, 3.8) is 0 Å². The number of carbonyl (C=O) groups is 1. The zero-order valence-electron chi connectivity index (χ0n) is 12.7. The second-order valence-electron chi connectivity index (χ2n) is 5.97. The summed E-state index contributed by atoms with van der Waals surface area (Å²) in [5, 5.41) is 3.59. The highest BCUT2D eigenvalue weighted by molar-refractivity contribution is 5.97. The van der Waals surface area contributed by atoms with Gasteiger partial charge in [-0.3, -0.25) is 4.79 Å². The van der Waals surface area contributed by atoms with Crippen LogP contribution in [0.15, 0.2) is 24.3 Å². The van der Waals surface area contributed by atoms with E-state index in [-0.39, 0.29) is 12.5 Å². The van der Waals surface area contributed by atoms with Crippen molar-refractivity contribution in [2.45, 2.75) is 38.6 Å². The Morgan fingerprint density at radius 3 is 2.86 bits per heavy atom. The van der Waals surface area contributed by atoms with Gasteiger partial charge in [-0.15, -0.1) is 0 Å². The van der Waals surface area contributed by atoms with Gasteiger partial charge >= 0.3 is 0 Å². The van der Waals surface area contributed by atoms with Gasteiger partial charge in [0.2, 0.25) is 0 Å². The van der Waals surface area contributed by atoms with E-state index in [9.17, 15) is 4.79 Å². The summed E-state index contributed by atoms with van der Waals surface area (Å²) in [5.41, 5.74) is 0.912. The van der Waals surface area contributed by atoms with E-state index in [0.717, 1.165) is 24.5 Å². The lowest BCUT2D eigenvalue weighted by Gasteiger charge is -2.34. The molecule has 114 valence electrons. The van der Waals surface area contributed by atoms with Crippen molar-refractivity contribution in [2.24, 2.45) is 5.92 Å². The number of likely N-dealkylation sites (N-methyl/N-ethyl adjacent to an activating group) is 1. The van der Waals surface area contributed by atoms with E-state index in [2.05, 4.69) is 12.2 Å². The van der Waals surface area contributed by atoms with Gasteiger partial charge in [0.15, 0.2) is 6.61 Å². The molecule has 1 aliphatic heterocycles. The van der Waals surface area contributed by atoms with E-state index in [1.807, 2.05) is 29.2 Å². The summed E-state index contributed by atoms with van der Waals surface area (Å²) >= 11 is 0. The van der Waals surface area contributed by atoms with Crippen molar-refractivity contribution in [1.82, 2.24) is 5.32 Å². The molecule has 1 unspecified atom stereocenters. The third-order valence-electron chi connectivity index (χ3n) is 4.62. The van der Waals surface area contributed by atoms with Gasteiger partial charge in [0.25, 0.3) is 5.91 Å². The van der Waals surface area contributed by atoms with Gasteiger partial charge in [-0.05, 0) is 37.4 Å². The summed E-state index contributed by atoms with van der Waals surface area (Å²) in [6.07, 6.45) is 5.19. The molecule has 1 aromatic carbocycles. The number of carbonyl (C=O) groups excluding carboxylic acids is 1. The number of rotatable bonds is 5. The average molecular weight is 288 g/mol. The van der Waals surface area contributed by atoms with Crippen LogP contribution < -0.4 is 15.0 Å². The fraction of sp³-hybridized carbons (Fsp3) is 0.588. The molecular weight excluding hydrogens is 264 g/mol. The van der Waals surface area contributed by atoms with Gasteiger partial charge in [-0.25, -0.2) is 0 Å². The zero-order valence-corrected chi connectivity index (χ0v) is 12.7. The summed E-state index contributed by atoms with van der Waals surface area (Å²) in [5.74, 6) is 1.57. The van der Waals surface area contributed by atoms with E-state index < -0.39 is 0 Å². The lowest BCUT2D eigenvalue weighted by Crippen LogP contribution is -2.49. The molecule has 1 fully saturated rings. The predicted molar refractivity (Wildman–Crippen MR) is 83.7 cm³/mol. The smallest absolute Gasteiger partial charge is 0.265 e. The molecule has 3 rings (SSSR count). The molecule has 0 spiro atoms. The highest BCUT2D eigenvalue weighted by Crippen LogP contribution is 2.34. The summed E-state index contributed by atoms with van der Waals surface area (Å²) < 4.78 is 5.52. The van der Waals surface area contributed by atoms with Crippen LogP contribution in [0.3, 0.4) is 0 Å². The number of hydrogen-bond donors (Lipinski definition) is 1. The molecule has 1 saturated carbocycles. The number of amides is 1. The zero-order chi connectivity index (χ0) is 14.7. The fourth-order valence-electron chi connectivity index (χ4n) is 3.55. The molecule has 4 heteroatoms. The van der Waals surface area contributed by atoms with Gasteiger partial charge in [0.1, 0.15) is 5.75 Å². The SMILES string of the molecule is CCNC(CN1C(=O)COc2ccccc21)C1CCCC1. The minimum absolute atomic E-state index is 0.0644. The van der Waals surface area contributed by atoms with E-state index in [1.54, 1.807) is 0 Å². The van der Waals surface area contributed by atoms with Crippen molar-refractivity contribution < 1.29 is 9.53 Å². The largest absolute Gasteiger partial charge is 0.482 e. The molecular formula is C17H24N2O2. The van der Waals surface area contributed by atoms with Crippen LogP contribution in [0.1, 0.15) is 32.6 Å². The van der Waals surface area contributed by atoms with Gasteiger partial charge in [-0.2, -0.15) is 0 Å². The Balaban J connectivity index is 1.79. The third kappa shape index (κ3) is 3.05. The number of benzene rings is 1. The lowest BCUT2D eigenvalue weighted by atomic mass is 9.97. The lowest BCUT2D eigenvalue weighted by molar-refractivity contribution is -0.121.